The topological polar surface area (TPSA) is 38.0 Å². The van der Waals surface area contributed by atoms with Gasteiger partial charge in [-0.2, -0.15) is 0 Å². The third-order valence-corrected chi connectivity index (χ3v) is 3.97. The lowest BCUT2D eigenvalue weighted by atomic mass is 9.84. The first-order valence-corrected chi connectivity index (χ1v) is 7.73. The maximum Gasteiger partial charge on any atom is 0.00720 e. The van der Waals surface area contributed by atoms with Crippen molar-refractivity contribution in [3.63, 3.8) is 0 Å². The average molecular weight is 266 g/mol. The first kappa shape index (κ1) is 15.5. The summed E-state index contributed by atoms with van der Waals surface area (Å²) < 4.78 is 0. The molecular weight excluding hydrogens is 240 g/mol. The van der Waals surface area contributed by atoms with Crippen molar-refractivity contribution in [3.8, 4) is 0 Å². The number of benzene rings is 1. The zero-order chi connectivity index (χ0) is 13.4. The second-order valence-electron chi connectivity index (χ2n) is 5.16. The van der Waals surface area contributed by atoms with Gasteiger partial charge in [0.05, 0.1) is 0 Å². The van der Waals surface area contributed by atoms with Crippen LogP contribution in [0, 0.1) is 0 Å². The van der Waals surface area contributed by atoms with Crippen LogP contribution in [0.2, 0.25) is 0 Å². The lowest BCUT2D eigenvalue weighted by Crippen LogP contribution is -2.34. The number of nitrogens with two attached hydrogens (primary N) is 1. The zero-order valence-corrected chi connectivity index (χ0v) is 12.6. The third kappa shape index (κ3) is 5.01. The van der Waals surface area contributed by atoms with Crippen molar-refractivity contribution in [1.82, 2.24) is 5.32 Å². The van der Waals surface area contributed by atoms with Gasteiger partial charge in [0, 0.05) is 16.9 Å². The Hall–Kier alpha value is -0.510. The highest BCUT2D eigenvalue weighted by atomic mass is 32.2. The van der Waals surface area contributed by atoms with E-state index in [9.17, 15) is 0 Å². The number of hydrogen-bond donors (Lipinski definition) is 2. The molecule has 1 rings (SSSR count). The first-order chi connectivity index (χ1) is 8.60. The van der Waals surface area contributed by atoms with Crippen LogP contribution in [0.4, 0.5) is 0 Å². The van der Waals surface area contributed by atoms with Crippen molar-refractivity contribution in [3.05, 3.63) is 29.8 Å². The Kier molecular flexibility index (Phi) is 6.76. The van der Waals surface area contributed by atoms with Crippen LogP contribution in [0.1, 0.15) is 32.8 Å². The summed E-state index contributed by atoms with van der Waals surface area (Å²) in [6.45, 7) is 9.51. The largest absolute Gasteiger partial charge is 0.330 e. The highest BCUT2D eigenvalue weighted by Crippen LogP contribution is 2.25. The average Bonchev–Trinajstić information content (AvgIpc) is 2.36. The monoisotopic (exact) mass is 266 g/mol. The van der Waals surface area contributed by atoms with Gasteiger partial charge in [-0.3, -0.25) is 0 Å². The third-order valence-electron chi connectivity index (χ3n) is 3.07. The van der Waals surface area contributed by atoms with Crippen molar-refractivity contribution in [2.45, 2.75) is 37.5 Å². The van der Waals surface area contributed by atoms with Gasteiger partial charge >= 0.3 is 0 Å². The van der Waals surface area contributed by atoms with Crippen molar-refractivity contribution in [1.29, 1.82) is 0 Å². The molecule has 2 nitrogen and oxygen atoms in total. The fourth-order valence-electron chi connectivity index (χ4n) is 1.90. The quantitative estimate of drug-likeness (QED) is 0.561. The Bertz CT molecular complexity index is 333. The number of nitrogens with one attached hydrogen (secondary N) is 1. The predicted molar refractivity (Wildman–Crippen MR) is 82.4 cm³/mol. The van der Waals surface area contributed by atoms with E-state index in [0.29, 0.717) is 0 Å². The number of thioether (sulfide) groups is 1. The van der Waals surface area contributed by atoms with Crippen molar-refractivity contribution < 1.29 is 0 Å². The molecule has 1 aromatic carbocycles. The summed E-state index contributed by atoms with van der Waals surface area (Å²) in [6, 6.07) is 8.96. The van der Waals surface area contributed by atoms with E-state index in [-0.39, 0.29) is 5.41 Å². The van der Waals surface area contributed by atoms with Crippen LogP contribution in [-0.4, -0.2) is 25.4 Å². The second kappa shape index (κ2) is 7.82. The predicted octanol–water partition coefficient (Wildman–Crippen LogP) is 3.01. The van der Waals surface area contributed by atoms with E-state index in [1.807, 2.05) is 11.8 Å². The number of hydrogen-bond acceptors (Lipinski definition) is 3. The van der Waals surface area contributed by atoms with Crippen LogP contribution in [0.25, 0.3) is 0 Å². The van der Waals surface area contributed by atoms with Crippen LogP contribution < -0.4 is 11.1 Å². The molecule has 102 valence electrons. The van der Waals surface area contributed by atoms with Gasteiger partial charge in [-0.15, -0.1) is 11.8 Å². The van der Waals surface area contributed by atoms with Gasteiger partial charge in [0.15, 0.2) is 0 Å². The summed E-state index contributed by atoms with van der Waals surface area (Å²) in [4.78, 5) is 1.35. The summed E-state index contributed by atoms with van der Waals surface area (Å²) >= 11 is 1.89. The summed E-state index contributed by atoms with van der Waals surface area (Å²) in [5.74, 6) is 1.13. The van der Waals surface area contributed by atoms with Crippen molar-refractivity contribution in [2.24, 2.45) is 5.73 Å². The number of rotatable bonds is 8. The van der Waals surface area contributed by atoms with Gasteiger partial charge in [0.25, 0.3) is 0 Å². The summed E-state index contributed by atoms with van der Waals surface area (Å²) in [6.07, 6.45) is 1.04. The molecule has 0 aromatic heterocycles. The van der Waals surface area contributed by atoms with Crippen LogP contribution in [0.3, 0.4) is 0 Å². The molecule has 0 heterocycles. The maximum atomic E-state index is 5.49. The van der Waals surface area contributed by atoms with E-state index < -0.39 is 0 Å². The molecule has 0 saturated heterocycles. The van der Waals surface area contributed by atoms with E-state index in [2.05, 4.69) is 50.4 Å². The molecule has 0 aliphatic rings. The molecule has 0 atom stereocenters. The van der Waals surface area contributed by atoms with Crippen LogP contribution in [-0.2, 0) is 5.41 Å². The van der Waals surface area contributed by atoms with E-state index in [1.54, 1.807) is 0 Å². The lowest BCUT2D eigenvalue weighted by molar-refractivity contribution is 0.467. The molecule has 0 aliphatic heterocycles. The second-order valence-corrected chi connectivity index (χ2v) is 6.50. The van der Waals surface area contributed by atoms with Gasteiger partial charge in [0.1, 0.15) is 0 Å². The van der Waals surface area contributed by atoms with Crippen molar-refractivity contribution >= 4 is 11.8 Å². The molecule has 3 heteroatoms. The van der Waals surface area contributed by atoms with Gasteiger partial charge < -0.3 is 11.1 Å². The molecule has 0 aliphatic carbocycles. The molecule has 3 N–H and O–H groups in total. The van der Waals surface area contributed by atoms with Gasteiger partial charge in [0.2, 0.25) is 0 Å². The van der Waals surface area contributed by atoms with E-state index >= 15 is 0 Å². The molecule has 0 bridgehead atoms. The molecule has 0 unspecified atom stereocenters. The molecule has 0 saturated carbocycles. The smallest absolute Gasteiger partial charge is 0.00720 e. The minimum Gasteiger partial charge on any atom is -0.330 e. The Morgan fingerprint density at radius 3 is 2.44 bits per heavy atom. The van der Waals surface area contributed by atoms with Gasteiger partial charge in [-0.25, -0.2) is 0 Å². The molecule has 1 aromatic rings. The van der Waals surface area contributed by atoms with Crippen LogP contribution in [0.15, 0.2) is 29.2 Å². The minimum absolute atomic E-state index is 0.171. The molecule has 18 heavy (non-hydrogen) atoms. The Balaban J connectivity index is 2.54. The Labute approximate surface area is 116 Å². The lowest BCUT2D eigenvalue weighted by Gasteiger charge is -2.26. The Morgan fingerprint density at radius 1 is 1.22 bits per heavy atom. The fourth-order valence-corrected chi connectivity index (χ4v) is 2.56. The zero-order valence-electron chi connectivity index (χ0n) is 11.8. The summed E-state index contributed by atoms with van der Waals surface area (Å²) in [5, 5.41) is 3.48. The highest BCUT2D eigenvalue weighted by molar-refractivity contribution is 7.99. The van der Waals surface area contributed by atoms with Crippen LogP contribution >= 0.6 is 11.8 Å². The molecule has 0 amide bonds. The van der Waals surface area contributed by atoms with Crippen molar-refractivity contribution in [2.75, 3.05) is 25.4 Å². The van der Waals surface area contributed by atoms with E-state index in [4.69, 9.17) is 5.73 Å². The normalized spacial score (nSPS) is 11.8. The molecule has 0 spiro atoms. The molecular formula is C15H26N2S. The fraction of sp³-hybridized carbons (Fsp3) is 0.600. The van der Waals surface area contributed by atoms with E-state index in [1.165, 1.54) is 10.5 Å². The van der Waals surface area contributed by atoms with Gasteiger partial charge in [-0.1, -0.05) is 32.9 Å². The minimum atomic E-state index is 0.171. The maximum absolute atomic E-state index is 5.49. The molecule has 0 radical (unpaired) electrons. The highest BCUT2D eigenvalue weighted by Gasteiger charge is 2.19. The first-order valence-electron chi connectivity index (χ1n) is 6.74. The summed E-state index contributed by atoms with van der Waals surface area (Å²) in [7, 11) is 0. The SMILES string of the molecule is CCSc1ccc(C(C)(C)CNCCCN)cc1. The summed E-state index contributed by atoms with van der Waals surface area (Å²) in [5.41, 5.74) is 7.05. The van der Waals surface area contributed by atoms with Crippen LogP contribution in [0.5, 0.6) is 0 Å². The van der Waals surface area contributed by atoms with Gasteiger partial charge in [-0.05, 0) is 43.0 Å². The van der Waals surface area contributed by atoms with E-state index in [0.717, 1.165) is 31.8 Å². The molecule has 0 fully saturated rings. The standard InChI is InChI=1S/C15H26N2S/c1-4-18-14-8-6-13(7-9-14)15(2,3)12-17-11-5-10-16/h6-9,17H,4-5,10-12,16H2,1-3H3. The Morgan fingerprint density at radius 2 is 1.89 bits per heavy atom.